The number of likely N-dealkylation sites (N-methyl/N-ethyl adjacent to an activating group) is 1. The van der Waals surface area contributed by atoms with E-state index in [1.165, 1.54) is 0 Å². The van der Waals surface area contributed by atoms with Crippen LogP contribution in [0.2, 0.25) is 0 Å². The van der Waals surface area contributed by atoms with Crippen LogP contribution in [0.5, 0.6) is 0 Å². The van der Waals surface area contributed by atoms with Crippen molar-refractivity contribution >= 4 is 5.91 Å². The fourth-order valence-electron chi connectivity index (χ4n) is 3.01. The lowest BCUT2D eigenvalue weighted by Crippen LogP contribution is -2.47. The van der Waals surface area contributed by atoms with Crippen molar-refractivity contribution in [1.29, 1.82) is 0 Å². The fourth-order valence-corrected chi connectivity index (χ4v) is 3.01. The van der Waals surface area contributed by atoms with Crippen molar-refractivity contribution in [2.75, 3.05) is 33.4 Å². The van der Waals surface area contributed by atoms with E-state index in [0.717, 1.165) is 45.6 Å². The minimum Gasteiger partial charge on any atom is -0.381 e. The molecule has 0 bridgehead atoms. The molecule has 1 N–H and O–H groups in total. The van der Waals surface area contributed by atoms with Crippen LogP contribution in [-0.4, -0.2) is 50.2 Å². The normalized spacial score (nSPS) is 32.6. The molecule has 2 aliphatic heterocycles. The van der Waals surface area contributed by atoms with Crippen LogP contribution < -0.4 is 5.32 Å². The average molecular weight is 254 g/mol. The fraction of sp³-hybridized carbons (Fsp3) is 0.929. The first-order valence-corrected chi connectivity index (χ1v) is 7.05. The van der Waals surface area contributed by atoms with E-state index in [9.17, 15) is 4.79 Å². The van der Waals surface area contributed by atoms with Gasteiger partial charge < -0.3 is 15.0 Å². The number of hydrogen-bond acceptors (Lipinski definition) is 3. The first-order valence-electron chi connectivity index (χ1n) is 7.05. The summed E-state index contributed by atoms with van der Waals surface area (Å²) in [5.41, 5.74) is 0.223. The van der Waals surface area contributed by atoms with Crippen LogP contribution in [0.3, 0.4) is 0 Å². The molecule has 18 heavy (non-hydrogen) atoms. The first kappa shape index (κ1) is 13.8. The van der Waals surface area contributed by atoms with Gasteiger partial charge in [-0.05, 0) is 31.7 Å². The summed E-state index contributed by atoms with van der Waals surface area (Å²) >= 11 is 0. The zero-order valence-corrected chi connectivity index (χ0v) is 11.9. The maximum atomic E-state index is 12.5. The van der Waals surface area contributed by atoms with Gasteiger partial charge in [0.25, 0.3) is 0 Å². The minimum absolute atomic E-state index is 0.00547. The average Bonchev–Trinajstić information content (AvgIpc) is 2.77. The Morgan fingerprint density at radius 3 is 2.83 bits per heavy atom. The van der Waals surface area contributed by atoms with Gasteiger partial charge in [0.05, 0.1) is 12.6 Å². The van der Waals surface area contributed by atoms with Crippen molar-refractivity contribution in [2.24, 2.45) is 11.3 Å². The van der Waals surface area contributed by atoms with E-state index >= 15 is 0 Å². The van der Waals surface area contributed by atoms with E-state index in [0.29, 0.717) is 5.92 Å². The Hall–Kier alpha value is -0.610. The molecule has 0 aromatic rings. The van der Waals surface area contributed by atoms with Crippen LogP contribution in [0.25, 0.3) is 0 Å². The number of amides is 1. The van der Waals surface area contributed by atoms with Gasteiger partial charge in [0, 0.05) is 25.6 Å². The maximum absolute atomic E-state index is 12.5. The Bertz CT molecular complexity index is 298. The third-order valence-corrected chi connectivity index (χ3v) is 4.19. The number of nitrogens with zero attached hydrogens (tertiary/aromatic N) is 1. The van der Waals surface area contributed by atoms with Gasteiger partial charge >= 0.3 is 0 Å². The highest BCUT2D eigenvalue weighted by Crippen LogP contribution is 2.29. The molecule has 0 saturated carbocycles. The van der Waals surface area contributed by atoms with Gasteiger partial charge in [0.15, 0.2) is 0 Å². The molecule has 2 unspecified atom stereocenters. The molecule has 1 amide bonds. The van der Waals surface area contributed by atoms with Crippen LogP contribution in [0.1, 0.15) is 33.1 Å². The lowest BCUT2D eigenvalue weighted by atomic mass is 9.87. The molecule has 0 aliphatic carbocycles. The molecule has 0 spiro atoms. The summed E-state index contributed by atoms with van der Waals surface area (Å²) in [5.74, 6) is 0.801. The summed E-state index contributed by atoms with van der Waals surface area (Å²) in [7, 11) is 1.89. The molecule has 104 valence electrons. The van der Waals surface area contributed by atoms with E-state index in [-0.39, 0.29) is 17.4 Å². The summed E-state index contributed by atoms with van der Waals surface area (Å²) in [6, 6.07) is -0.00547. The Kier molecular flexibility index (Phi) is 4.28. The van der Waals surface area contributed by atoms with Crippen molar-refractivity contribution in [3.8, 4) is 0 Å². The molecule has 2 fully saturated rings. The molecule has 4 heteroatoms. The highest BCUT2D eigenvalue weighted by molar-refractivity contribution is 5.82. The number of rotatable bonds is 3. The van der Waals surface area contributed by atoms with Crippen molar-refractivity contribution in [3.63, 3.8) is 0 Å². The van der Waals surface area contributed by atoms with Crippen LogP contribution in [0, 0.1) is 11.3 Å². The second-order valence-electron chi connectivity index (χ2n) is 6.49. The zero-order chi connectivity index (χ0) is 13.2. The molecule has 4 nitrogen and oxygen atoms in total. The number of carbonyl (C=O) groups excluding carboxylic acids is 1. The van der Waals surface area contributed by atoms with Gasteiger partial charge in [-0.2, -0.15) is 0 Å². The molecule has 0 aromatic heterocycles. The van der Waals surface area contributed by atoms with Gasteiger partial charge in [-0.25, -0.2) is 0 Å². The number of carbonyl (C=O) groups is 1. The smallest absolute Gasteiger partial charge is 0.239 e. The molecule has 0 aromatic carbocycles. The summed E-state index contributed by atoms with van der Waals surface area (Å²) in [5, 5.41) is 3.16. The van der Waals surface area contributed by atoms with Gasteiger partial charge in [-0.3, -0.25) is 4.79 Å². The molecule has 2 heterocycles. The van der Waals surface area contributed by atoms with Gasteiger partial charge in [0.1, 0.15) is 0 Å². The number of ether oxygens (including phenoxy) is 1. The lowest BCUT2D eigenvalue weighted by Gasteiger charge is -2.31. The largest absolute Gasteiger partial charge is 0.381 e. The van der Waals surface area contributed by atoms with Gasteiger partial charge in [-0.15, -0.1) is 0 Å². The zero-order valence-electron chi connectivity index (χ0n) is 11.9. The number of hydrogen-bond donors (Lipinski definition) is 1. The molecule has 2 saturated heterocycles. The topological polar surface area (TPSA) is 41.6 Å². The van der Waals surface area contributed by atoms with Crippen LogP contribution in [0.4, 0.5) is 0 Å². The quantitative estimate of drug-likeness (QED) is 0.824. The summed E-state index contributed by atoms with van der Waals surface area (Å²) in [6.07, 6.45) is 3.14. The highest BCUT2D eigenvalue weighted by Gasteiger charge is 2.35. The van der Waals surface area contributed by atoms with E-state index < -0.39 is 0 Å². The maximum Gasteiger partial charge on any atom is 0.239 e. The molecule has 2 rings (SSSR count). The van der Waals surface area contributed by atoms with Crippen molar-refractivity contribution in [3.05, 3.63) is 0 Å². The summed E-state index contributed by atoms with van der Waals surface area (Å²) < 4.78 is 5.42. The van der Waals surface area contributed by atoms with Crippen LogP contribution in [0.15, 0.2) is 0 Å². The molecule has 2 aliphatic rings. The SMILES string of the molecule is CNC1CCC(C)(C)CN(CC2CCOC2)C1=O. The van der Waals surface area contributed by atoms with E-state index in [1.54, 1.807) is 0 Å². The van der Waals surface area contributed by atoms with Crippen molar-refractivity contribution in [2.45, 2.75) is 39.2 Å². The summed E-state index contributed by atoms with van der Waals surface area (Å²) in [6.45, 7) is 7.92. The molecule has 0 radical (unpaired) electrons. The monoisotopic (exact) mass is 254 g/mol. The molecular weight excluding hydrogens is 228 g/mol. The predicted molar refractivity (Wildman–Crippen MR) is 71.4 cm³/mol. The van der Waals surface area contributed by atoms with Crippen LogP contribution in [-0.2, 0) is 9.53 Å². The molecule has 2 atom stereocenters. The van der Waals surface area contributed by atoms with Gasteiger partial charge in [0.2, 0.25) is 5.91 Å². The van der Waals surface area contributed by atoms with E-state index in [1.807, 2.05) is 7.05 Å². The standard InChI is InChI=1S/C14H26N2O2/c1-14(2)6-4-12(15-3)13(17)16(10-14)8-11-5-7-18-9-11/h11-12,15H,4-10H2,1-3H3. The minimum atomic E-state index is -0.00547. The molecular formula is C14H26N2O2. The number of likely N-dealkylation sites (tertiary alicyclic amines) is 1. The third-order valence-electron chi connectivity index (χ3n) is 4.19. The van der Waals surface area contributed by atoms with E-state index in [2.05, 4.69) is 24.1 Å². The third kappa shape index (κ3) is 3.23. The first-order chi connectivity index (χ1) is 8.52. The second-order valence-corrected chi connectivity index (χ2v) is 6.49. The Balaban J connectivity index is 2.05. The Labute approximate surface area is 110 Å². The predicted octanol–water partition coefficient (Wildman–Crippen LogP) is 1.26. The summed E-state index contributed by atoms with van der Waals surface area (Å²) in [4.78, 5) is 14.5. The van der Waals surface area contributed by atoms with Crippen molar-refractivity contribution in [1.82, 2.24) is 10.2 Å². The van der Waals surface area contributed by atoms with Gasteiger partial charge in [-0.1, -0.05) is 13.8 Å². The Morgan fingerprint density at radius 1 is 1.44 bits per heavy atom. The second kappa shape index (κ2) is 5.57. The number of nitrogens with one attached hydrogen (secondary N) is 1. The van der Waals surface area contributed by atoms with Crippen molar-refractivity contribution < 1.29 is 9.53 Å². The van der Waals surface area contributed by atoms with E-state index in [4.69, 9.17) is 4.74 Å². The van der Waals surface area contributed by atoms with Crippen LogP contribution >= 0.6 is 0 Å². The highest BCUT2D eigenvalue weighted by atomic mass is 16.5. The Morgan fingerprint density at radius 2 is 2.22 bits per heavy atom. The lowest BCUT2D eigenvalue weighted by molar-refractivity contribution is -0.134.